The Morgan fingerprint density at radius 2 is 1.66 bits per heavy atom. The van der Waals surface area contributed by atoms with Gasteiger partial charge < -0.3 is 19.8 Å². The van der Waals surface area contributed by atoms with E-state index in [-0.39, 0.29) is 17.0 Å². The fourth-order valence-electron chi connectivity index (χ4n) is 3.31. The summed E-state index contributed by atoms with van der Waals surface area (Å²) in [4.78, 5) is 23.5. The second kappa shape index (κ2) is 8.47. The van der Waals surface area contributed by atoms with Crippen LogP contribution in [0.15, 0.2) is 36.7 Å². The van der Waals surface area contributed by atoms with E-state index in [0.29, 0.717) is 5.69 Å². The molecule has 3 N–H and O–H groups in total. The van der Waals surface area contributed by atoms with Crippen LogP contribution < -0.4 is 10.1 Å². The zero-order valence-corrected chi connectivity index (χ0v) is 19.2. The third-order valence-electron chi connectivity index (χ3n) is 4.76. The predicted molar refractivity (Wildman–Crippen MR) is 118 cm³/mol. The average Bonchev–Trinajstić information content (AvgIpc) is 2.58. The number of methoxy groups -OCH3 is 1. The van der Waals surface area contributed by atoms with Crippen LogP contribution in [-0.4, -0.2) is 28.0 Å². The Morgan fingerprint density at radius 3 is 2.03 bits per heavy atom. The van der Waals surface area contributed by atoms with Gasteiger partial charge in [0.1, 0.15) is 5.75 Å². The van der Waals surface area contributed by atoms with Crippen molar-refractivity contribution >= 4 is 13.3 Å². The Labute approximate surface area is 173 Å². The maximum absolute atomic E-state index is 11.9. The first-order chi connectivity index (χ1) is 13.2. The van der Waals surface area contributed by atoms with Gasteiger partial charge in [0.15, 0.2) is 0 Å². The van der Waals surface area contributed by atoms with Crippen molar-refractivity contribution in [1.82, 2.24) is 4.98 Å². The minimum Gasteiger partial charge on any atom is -0.496 e. The monoisotopic (exact) mass is 420 g/mol. The molecule has 160 valence electrons. The van der Waals surface area contributed by atoms with Crippen molar-refractivity contribution in [2.75, 3.05) is 18.6 Å². The number of pyridine rings is 1. The average molecular weight is 420 g/mol. The number of hydrogen-bond donors (Lipinski definition) is 3. The molecule has 1 atom stereocenters. The Kier molecular flexibility index (Phi) is 6.83. The van der Waals surface area contributed by atoms with E-state index < -0.39 is 13.6 Å². The van der Waals surface area contributed by atoms with E-state index in [2.05, 4.69) is 51.8 Å². The number of hydrogen-bond acceptors (Lipinski definition) is 4. The van der Waals surface area contributed by atoms with Crippen LogP contribution in [-0.2, 0) is 15.4 Å². The predicted octanol–water partition coefficient (Wildman–Crippen LogP) is 5.02. The van der Waals surface area contributed by atoms with E-state index in [4.69, 9.17) is 4.74 Å². The van der Waals surface area contributed by atoms with Crippen LogP contribution in [0.5, 0.6) is 5.75 Å². The second-order valence-corrected chi connectivity index (χ2v) is 11.1. The first kappa shape index (κ1) is 23.4. The molecular formula is C22H33N2O4P. The number of anilines is 1. The van der Waals surface area contributed by atoms with Gasteiger partial charge in [-0.25, -0.2) is 0 Å². The summed E-state index contributed by atoms with van der Waals surface area (Å²) in [6.07, 6.45) is 2.99. The van der Waals surface area contributed by atoms with Crippen molar-refractivity contribution in [2.24, 2.45) is 0 Å². The highest BCUT2D eigenvalue weighted by Crippen LogP contribution is 2.45. The van der Waals surface area contributed by atoms with Crippen molar-refractivity contribution in [3.8, 4) is 5.75 Å². The van der Waals surface area contributed by atoms with Crippen LogP contribution in [0.1, 0.15) is 64.3 Å². The van der Waals surface area contributed by atoms with Crippen molar-refractivity contribution in [3.05, 3.63) is 53.3 Å². The van der Waals surface area contributed by atoms with Gasteiger partial charge in [0.2, 0.25) is 0 Å². The van der Waals surface area contributed by atoms with Gasteiger partial charge in [-0.05, 0) is 40.7 Å². The van der Waals surface area contributed by atoms with Crippen molar-refractivity contribution in [3.63, 3.8) is 0 Å². The number of rotatable bonds is 6. The maximum Gasteiger partial charge on any atom is 0.327 e. The Bertz CT molecular complexity index is 845. The largest absolute Gasteiger partial charge is 0.496 e. The Hall–Kier alpha value is -1.88. The summed E-state index contributed by atoms with van der Waals surface area (Å²) in [6, 6.07) is 7.04. The molecule has 2 rings (SSSR count). The quantitative estimate of drug-likeness (QED) is 0.569. The first-order valence-electron chi connectivity index (χ1n) is 9.66. The molecule has 1 unspecified atom stereocenters. The molecule has 0 radical (unpaired) electrons. The maximum atomic E-state index is 11.9. The molecule has 7 heteroatoms. The molecule has 0 bridgehead atoms. The standard InChI is InChI=1S/C22H33N2O4P/c1-21(2,3)17-11-15(12-18(20(17)28-7)22(4,5)6)19(14-29(25,26)27)24-16-9-8-10-23-13-16/h8-13,19,24H,14H2,1-7H3,(H2,25,26,27). The topological polar surface area (TPSA) is 91.7 Å². The highest BCUT2D eigenvalue weighted by Gasteiger charge is 2.31. The lowest BCUT2D eigenvalue weighted by molar-refractivity contribution is 0.370. The molecule has 0 amide bonds. The van der Waals surface area contributed by atoms with Crippen LogP contribution in [0.2, 0.25) is 0 Å². The SMILES string of the molecule is COc1c(C(C)(C)C)cc(C(CP(=O)(O)O)Nc2cccnc2)cc1C(C)(C)C. The molecular weight excluding hydrogens is 387 g/mol. The van der Waals surface area contributed by atoms with Crippen LogP contribution in [0, 0.1) is 0 Å². The van der Waals surface area contributed by atoms with Gasteiger partial charge in [-0.15, -0.1) is 0 Å². The summed E-state index contributed by atoms with van der Waals surface area (Å²) in [5.41, 5.74) is 3.12. The number of benzene rings is 1. The van der Waals surface area contributed by atoms with Crippen LogP contribution >= 0.6 is 7.60 Å². The van der Waals surface area contributed by atoms with Gasteiger partial charge in [0, 0.05) is 23.5 Å². The zero-order valence-electron chi connectivity index (χ0n) is 18.4. The second-order valence-electron chi connectivity index (χ2n) is 9.44. The fourth-order valence-corrected chi connectivity index (χ4v) is 4.09. The fraction of sp³-hybridized carbons (Fsp3) is 0.500. The van der Waals surface area contributed by atoms with E-state index in [0.717, 1.165) is 22.4 Å². The molecule has 0 spiro atoms. The molecule has 0 aliphatic heterocycles. The van der Waals surface area contributed by atoms with Crippen LogP contribution in [0.25, 0.3) is 0 Å². The summed E-state index contributed by atoms with van der Waals surface area (Å²) >= 11 is 0. The van der Waals surface area contributed by atoms with E-state index in [1.807, 2.05) is 18.2 Å². The van der Waals surface area contributed by atoms with Gasteiger partial charge in [-0.1, -0.05) is 41.5 Å². The molecule has 0 aliphatic rings. The summed E-state index contributed by atoms with van der Waals surface area (Å²) in [6.45, 7) is 12.6. The highest BCUT2D eigenvalue weighted by molar-refractivity contribution is 7.51. The summed E-state index contributed by atoms with van der Waals surface area (Å²) in [5, 5.41) is 3.25. The van der Waals surface area contributed by atoms with Gasteiger partial charge in [0.25, 0.3) is 0 Å². The van der Waals surface area contributed by atoms with E-state index in [1.54, 1.807) is 25.6 Å². The molecule has 2 aromatic rings. The number of ether oxygens (including phenoxy) is 1. The van der Waals surface area contributed by atoms with Crippen molar-refractivity contribution < 1.29 is 19.1 Å². The van der Waals surface area contributed by atoms with E-state index >= 15 is 0 Å². The molecule has 0 aliphatic carbocycles. The van der Waals surface area contributed by atoms with Gasteiger partial charge in [0.05, 0.1) is 25.0 Å². The number of aromatic nitrogens is 1. The molecule has 0 saturated heterocycles. The molecule has 1 aromatic heterocycles. The highest BCUT2D eigenvalue weighted by atomic mass is 31.2. The van der Waals surface area contributed by atoms with Gasteiger partial charge >= 0.3 is 7.60 Å². The number of nitrogens with one attached hydrogen (secondary N) is 1. The molecule has 1 heterocycles. The Balaban J connectivity index is 2.70. The normalized spacial score (nSPS) is 13.8. The lowest BCUT2D eigenvalue weighted by Gasteiger charge is -2.32. The lowest BCUT2D eigenvalue weighted by atomic mass is 9.77. The number of nitrogens with zero attached hydrogens (tertiary/aromatic N) is 1. The summed E-state index contributed by atoms with van der Waals surface area (Å²) in [7, 11) is -2.60. The van der Waals surface area contributed by atoms with Crippen LogP contribution in [0.4, 0.5) is 5.69 Å². The molecule has 29 heavy (non-hydrogen) atoms. The molecule has 6 nitrogen and oxygen atoms in total. The van der Waals surface area contributed by atoms with Gasteiger partial charge in [-0.3, -0.25) is 9.55 Å². The summed E-state index contributed by atoms with van der Waals surface area (Å²) in [5.74, 6) is 0.824. The molecule has 1 aromatic carbocycles. The van der Waals surface area contributed by atoms with Gasteiger partial charge in [-0.2, -0.15) is 0 Å². The van der Waals surface area contributed by atoms with Crippen molar-refractivity contribution in [2.45, 2.75) is 58.4 Å². The van der Waals surface area contributed by atoms with E-state index in [9.17, 15) is 14.4 Å². The molecule has 0 fully saturated rings. The third kappa shape index (κ3) is 6.30. The minimum absolute atomic E-state index is 0.206. The first-order valence-corrected chi connectivity index (χ1v) is 11.5. The Morgan fingerprint density at radius 1 is 1.10 bits per heavy atom. The minimum atomic E-state index is -4.27. The summed E-state index contributed by atoms with van der Waals surface area (Å²) < 4.78 is 17.7. The zero-order chi connectivity index (χ0) is 22.0. The lowest BCUT2D eigenvalue weighted by Crippen LogP contribution is -2.22. The third-order valence-corrected chi connectivity index (χ3v) is 5.60. The smallest absolute Gasteiger partial charge is 0.327 e. The molecule has 0 saturated carbocycles. The van der Waals surface area contributed by atoms with Crippen molar-refractivity contribution in [1.29, 1.82) is 0 Å². The van der Waals surface area contributed by atoms with E-state index in [1.165, 1.54) is 0 Å². The van der Waals surface area contributed by atoms with Crippen LogP contribution in [0.3, 0.4) is 0 Å².